The number of hydrogen-bond donors (Lipinski definition) is 0. The van der Waals surface area contributed by atoms with E-state index in [4.69, 9.17) is 0 Å². The number of carbonyl (C=O) groups is 1. The third kappa shape index (κ3) is 16.5. The normalized spacial score (nSPS) is 12.3. The largest absolute Gasteiger partial charge is 0.469 e. The Morgan fingerprint density at radius 1 is 0.773 bits per heavy atom. The van der Waals surface area contributed by atoms with Crippen LogP contribution < -0.4 is 0 Å². The van der Waals surface area contributed by atoms with Crippen LogP contribution in [0.5, 0.6) is 0 Å². The second-order valence-electron chi connectivity index (χ2n) is 5.20. The van der Waals surface area contributed by atoms with Crippen molar-refractivity contribution in [3.63, 3.8) is 0 Å². The topological polar surface area (TPSA) is 26.3 Å². The van der Waals surface area contributed by atoms with Crippen LogP contribution in [0, 0.1) is 0 Å². The third-order valence-electron chi connectivity index (χ3n) is 3.19. The molecule has 0 rings (SSSR count). The maximum atomic E-state index is 10.9. The summed E-state index contributed by atoms with van der Waals surface area (Å²) < 4.78 is 4.59. The maximum absolute atomic E-state index is 10.9. The van der Waals surface area contributed by atoms with Gasteiger partial charge in [-0.25, -0.2) is 0 Å². The Morgan fingerprint density at radius 3 is 1.68 bits per heavy atom. The summed E-state index contributed by atoms with van der Waals surface area (Å²) in [5, 5.41) is 0. The van der Waals surface area contributed by atoms with Gasteiger partial charge in [0.2, 0.25) is 0 Å². The molecule has 124 valence electrons. The molecule has 0 N–H and O–H groups in total. The van der Waals surface area contributed by atoms with E-state index in [2.05, 4.69) is 60.3 Å². The molecule has 0 heterocycles. The number of carbonyl (C=O) groups excluding carboxylic acids is 1. The lowest BCUT2D eigenvalue weighted by atomic mass is 10.2. The minimum absolute atomic E-state index is 0.125. The van der Waals surface area contributed by atoms with Gasteiger partial charge >= 0.3 is 5.97 Å². The average molecular weight is 304 g/mol. The quantitative estimate of drug-likeness (QED) is 0.240. The van der Waals surface area contributed by atoms with E-state index in [1.165, 1.54) is 26.4 Å². The van der Waals surface area contributed by atoms with Gasteiger partial charge in [0.1, 0.15) is 0 Å². The Kier molecular flexibility index (Phi) is 16.2. The first-order chi connectivity index (χ1) is 10.8. The number of unbranched alkanes of at least 4 members (excludes halogenated alkanes) is 3. The van der Waals surface area contributed by atoms with Crippen LogP contribution in [0.1, 0.15) is 64.7 Å². The average Bonchev–Trinajstić information content (AvgIpc) is 2.54. The minimum atomic E-state index is -0.125. The molecule has 2 nitrogen and oxygen atoms in total. The second kappa shape index (κ2) is 17.5. The molecule has 0 aromatic rings. The molecule has 0 aliphatic heterocycles. The van der Waals surface area contributed by atoms with Crippen molar-refractivity contribution in [1.82, 2.24) is 0 Å². The summed E-state index contributed by atoms with van der Waals surface area (Å²) in [6.45, 7) is 2.22. The van der Waals surface area contributed by atoms with Crippen LogP contribution in [-0.2, 0) is 9.53 Å². The highest BCUT2D eigenvalue weighted by molar-refractivity contribution is 5.68. The van der Waals surface area contributed by atoms with Crippen molar-refractivity contribution in [3.05, 3.63) is 48.6 Å². The molecule has 0 bridgehead atoms. The van der Waals surface area contributed by atoms with Crippen molar-refractivity contribution in [2.75, 3.05) is 7.11 Å². The molecule has 22 heavy (non-hydrogen) atoms. The lowest BCUT2D eigenvalue weighted by Gasteiger charge is -1.95. The number of methoxy groups -OCH3 is 1. The molecule has 0 amide bonds. The van der Waals surface area contributed by atoms with E-state index >= 15 is 0 Å². The fourth-order valence-corrected chi connectivity index (χ4v) is 1.84. The van der Waals surface area contributed by atoms with Gasteiger partial charge in [-0.3, -0.25) is 4.79 Å². The van der Waals surface area contributed by atoms with E-state index in [0.717, 1.165) is 32.1 Å². The molecule has 0 unspecified atom stereocenters. The van der Waals surface area contributed by atoms with Crippen molar-refractivity contribution in [3.8, 4) is 0 Å². The molecule has 0 radical (unpaired) electrons. The van der Waals surface area contributed by atoms with Crippen molar-refractivity contribution >= 4 is 5.97 Å². The monoisotopic (exact) mass is 304 g/mol. The van der Waals surface area contributed by atoms with Crippen molar-refractivity contribution in [2.24, 2.45) is 0 Å². The van der Waals surface area contributed by atoms with Gasteiger partial charge in [-0.15, -0.1) is 0 Å². The first-order valence-corrected chi connectivity index (χ1v) is 8.48. The van der Waals surface area contributed by atoms with Crippen LogP contribution in [0.15, 0.2) is 48.6 Å². The Hall–Kier alpha value is -1.57. The zero-order chi connectivity index (χ0) is 16.3. The number of esters is 1. The van der Waals surface area contributed by atoms with Gasteiger partial charge in [-0.05, 0) is 38.5 Å². The van der Waals surface area contributed by atoms with Crippen molar-refractivity contribution < 1.29 is 9.53 Å². The van der Waals surface area contributed by atoms with E-state index in [-0.39, 0.29) is 5.97 Å². The number of rotatable bonds is 13. The number of allylic oxidation sites excluding steroid dienone is 8. The van der Waals surface area contributed by atoms with Crippen LogP contribution in [0.25, 0.3) is 0 Å². The Morgan fingerprint density at radius 2 is 1.23 bits per heavy atom. The van der Waals surface area contributed by atoms with Crippen LogP contribution in [-0.4, -0.2) is 13.1 Å². The lowest BCUT2D eigenvalue weighted by Crippen LogP contribution is -1.98. The highest BCUT2D eigenvalue weighted by atomic mass is 16.5. The Balaban J connectivity index is 3.43. The van der Waals surface area contributed by atoms with E-state index in [9.17, 15) is 4.79 Å². The summed E-state index contributed by atoms with van der Waals surface area (Å²) in [5.74, 6) is -0.125. The molecule has 0 saturated carbocycles. The zero-order valence-corrected chi connectivity index (χ0v) is 14.3. The molecular weight excluding hydrogens is 272 g/mol. The molecular formula is C20H32O2. The summed E-state index contributed by atoms with van der Waals surface area (Å²) in [6.07, 6.45) is 26.7. The van der Waals surface area contributed by atoms with Crippen LogP contribution in [0.4, 0.5) is 0 Å². The summed E-state index contributed by atoms with van der Waals surface area (Å²) >= 11 is 0. The van der Waals surface area contributed by atoms with Crippen molar-refractivity contribution in [2.45, 2.75) is 64.7 Å². The summed E-state index contributed by atoms with van der Waals surface area (Å²) in [7, 11) is 1.43. The van der Waals surface area contributed by atoms with Gasteiger partial charge in [0.25, 0.3) is 0 Å². The maximum Gasteiger partial charge on any atom is 0.305 e. The van der Waals surface area contributed by atoms with Crippen LogP contribution in [0.2, 0.25) is 0 Å². The SMILES string of the molecule is CCCCC=CCC=CCC=CCC=CCCCC(=O)OC. The van der Waals surface area contributed by atoms with E-state index in [1.54, 1.807) is 0 Å². The fourth-order valence-electron chi connectivity index (χ4n) is 1.84. The fraction of sp³-hybridized carbons (Fsp3) is 0.550. The molecule has 0 aliphatic rings. The molecule has 0 aromatic heterocycles. The molecule has 0 aliphatic carbocycles. The van der Waals surface area contributed by atoms with Crippen molar-refractivity contribution in [1.29, 1.82) is 0 Å². The van der Waals surface area contributed by atoms with Gasteiger partial charge in [-0.1, -0.05) is 68.4 Å². The number of ether oxygens (including phenoxy) is 1. The minimum Gasteiger partial charge on any atom is -0.469 e. The first-order valence-electron chi connectivity index (χ1n) is 8.48. The van der Waals surface area contributed by atoms with Gasteiger partial charge < -0.3 is 4.74 Å². The van der Waals surface area contributed by atoms with Gasteiger partial charge in [-0.2, -0.15) is 0 Å². The third-order valence-corrected chi connectivity index (χ3v) is 3.19. The second-order valence-corrected chi connectivity index (χ2v) is 5.20. The molecule has 0 fully saturated rings. The summed E-state index contributed by atoms with van der Waals surface area (Å²) in [6, 6.07) is 0. The highest BCUT2D eigenvalue weighted by Gasteiger charge is 1.96. The summed E-state index contributed by atoms with van der Waals surface area (Å²) in [5.41, 5.74) is 0. The molecule has 0 atom stereocenters. The molecule has 0 spiro atoms. The zero-order valence-electron chi connectivity index (χ0n) is 14.3. The van der Waals surface area contributed by atoms with E-state index < -0.39 is 0 Å². The van der Waals surface area contributed by atoms with Gasteiger partial charge in [0, 0.05) is 6.42 Å². The van der Waals surface area contributed by atoms with Gasteiger partial charge in [0.05, 0.1) is 7.11 Å². The lowest BCUT2D eigenvalue weighted by molar-refractivity contribution is -0.140. The number of hydrogen-bond acceptors (Lipinski definition) is 2. The molecule has 2 heteroatoms. The van der Waals surface area contributed by atoms with E-state index in [0.29, 0.717) is 6.42 Å². The molecule has 0 saturated heterocycles. The Bertz CT molecular complexity index is 362. The van der Waals surface area contributed by atoms with Gasteiger partial charge in [0.15, 0.2) is 0 Å². The predicted molar refractivity (Wildman–Crippen MR) is 95.8 cm³/mol. The Labute approximate surface area is 136 Å². The van der Waals surface area contributed by atoms with Crippen LogP contribution >= 0.6 is 0 Å². The van der Waals surface area contributed by atoms with Crippen LogP contribution in [0.3, 0.4) is 0 Å². The molecule has 0 aromatic carbocycles. The highest BCUT2D eigenvalue weighted by Crippen LogP contribution is 2.00. The predicted octanol–water partition coefficient (Wildman–Crippen LogP) is 5.92. The standard InChI is InChI=1S/C20H32O2/c1-3-4-5-6-7-8-9-10-11-12-13-14-15-16-17-18-19-20(21)22-2/h6-7,9-10,12-13,15-16H,3-5,8,11,14,17-19H2,1-2H3. The van der Waals surface area contributed by atoms with E-state index in [1.807, 2.05) is 0 Å². The first kappa shape index (κ1) is 20.4. The summed E-state index contributed by atoms with van der Waals surface area (Å²) in [4.78, 5) is 10.9. The smallest absolute Gasteiger partial charge is 0.305 e.